The minimum absolute atomic E-state index is 0.170. The first-order valence-electron chi connectivity index (χ1n) is 4.19. The minimum Gasteiger partial charge on any atom is -0.462 e. The van der Waals surface area contributed by atoms with Gasteiger partial charge in [0.2, 0.25) is 0 Å². The number of rotatable bonds is 6. The lowest BCUT2D eigenvalue weighted by Gasteiger charge is -2.08. The summed E-state index contributed by atoms with van der Waals surface area (Å²) in [4.78, 5) is 11.2. The van der Waals surface area contributed by atoms with E-state index in [2.05, 4.69) is 6.58 Å². The van der Waals surface area contributed by atoms with E-state index in [0.717, 1.165) is 12.8 Å². The van der Waals surface area contributed by atoms with E-state index in [-0.39, 0.29) is 11.5 Å². The lowest BCUT2D eigenvalue weighted by atomic mass is 10.2. The van der Waals surface area contributed by atoms with Gasteiger partial charge in [-0.3, -0.25) is 0 Å². The fourth-order valence-corrected chi connectivity index (χ4v) is 0.898. The van der Waals surface area contributed by atoms with E-state index < -0.39 is 11.3 Å². The standard InChI is InChI=1S/C9H14Cl2O2/c1-3-4-5-13-9(12)7(2)8(11)6-10/h8H,2-6H2,1H3. The monoisotopic (exact) mass is 224 g/mol. The molecule has 0 N–H and O–H groups in total. The molecule has 2 nitrogen and oxygen atoms in total. The van der Waals surface area contributed by atoms with Crippen LogP contribution in [0.1, 0.15) is 19.8 Å². The Morgan fingerprint density at radius 1 is 1.62 bits per heavy atom. The molecule has 0 amide bonds. The van der Waals surface area contributed by atoms with Gasteiger partial charge in [0.25, 0.3) is 0 Å². The molecule has 0 saturated heterocycles. The summed E-state index contributed by atoms with van der Waals surface area (Å²) in [6, 6.07) is 0. The van der Waals surface area contributed by atoms with E-state index >= 15 is 0 Å². The third kappa shape index (κ3) is 5.17. The van der Waals surface area contributed by atoms with Gasteiger partial charge >= 0.3 is 5.97 Å². The van der Waals surface area contributed by atoms with Crippen LogP contribution < -0.4 is 0 Å². The molecular formula is C9H14Cl2O2. The number of ether oxygens (including phenoxy) is 1. The summed E-state index contributed by atoms with van der Waals surface area (Å²) >= 11 is 11.1. The predicted molar refractivity (Wildman–Crippen MR) is 55.4 cm³/mol. The quantitative estimate of drug-likeness (QED) is 0.300. The van der Waals surface area contributed by atoms with Crippen molar-refractivity contribution in [2.24, 2.45) is 0 Å². The maximum absolute atomic E-state index is 11.2. The highest BCUT2D eigenvalue weighted by atomic mass is 35.5. The van der Waals surface area contributed by atoms with E-state index in [0.29, 0.717) is 6.61 Å². The number of esters is 1. The molecule has 0 radical (unpaired) electrons. The van der Waals surface area contributed by atoms with Crippen LogP contribution in [0.15, 0.2) is 12.2 Å². The first-order valence-corrected chi connectivity index (χ1v) is 5.16. The highest BCUT2D eigenvalue weighted by Crippen LogP contribution is 2.11. The maximum Gasteiger partial charge on any atom is 0.334 e. The van der Waals surface area contributed by atoms with Gasteiger partial charge in [0.1, 0.15) is 0 Å². The first-order chi connectivity index (χ1) is 6.13. The van der Waals surface area contributed by atoms with Gasteiger partial charge in [-0.25, -0.2) is 4.79 Å². The van der Waals surface area contributed by atoms with Crippen molar-refractivity contribution in [3.8, 4) is 0 Å². The van der Waals surface area contributed by atoms with E-state index in [9.17, 15) is 4.79 Å². The molecule has 0 saturated carbocycles. The summed E-state index contributed by atoms with van der Waals surface area (Å²) in [6.07, 6.45) is 1.84. The second-order valence-corrected chi connectivity index (χ2v) is 3.47. The molecule has 76 valence electrons. The Morgan fingerprint density at radius 2 is 2.23 bits per heavy atom. The van der Waals surface area contributed by atoms with Crippen LogP contribution in [0.25, 0.3) is 0 Å². The number of carbonyl (C=O) groups excluding carboxylic acids is 1. The molecule has 0 bridgehead atoms. The molecule has 1 atom stereocenters. The number of hydrogen-bond donors (Lipinski definition) is 0. The van der Waals surface area contributed by atoms with Crippen LogP contribution in [-0.2, 0) is 9.53 Å². The third-order valence-electron chi connectivity index (χ3n) is 1.51. The second kappa shape index (κ2) is 7.22. The molecule has 0 rings (SSSR count). The normalized spacial score (nSPS) is 12.2. The fourth-order valence-electron chi connectivity index (χ4n) is 0.623. The lowest BCUT2D eigenvalue weighted by molar-refractivity contribution is -0.139. The Hall–Kier alpha value is -0.210. The number of hydrogen-bond acceptors (Lipinski definition) is 2. The number of unbranched alkanes of at least 4 members (excludes halogenated alkanes) is 1. The molecule has 1 unspecified atom stereocenters. The summed E-state index contributed by atoms with van der Waals surface area (Å²) in [5, 5.41) is -0.532. The Bertz CT molecular complexity index is 180. The topological polar surface area (TPSA) is 26.3 Å². The number of carbonyl (C=O) groups is 1. The highest BCUT2D eigenvalue weighted by Gasteiger charge is 2.16. The highest BCUT2D eigenvalue weighted by molar-refractivity contribution is 6.31. The van der Waals surface area contributed by atoms with Gasteiger partial charge in [0.05, 0.1) is 12.0 Å². The molecule has 0 aromatic carbocycles. The van der Waals surface area contributed by atoms with Crippen molar-refractivity contribution in [2.45, 2.75) is 25.1 Å². The Balaban J connectivity index is 3.76. The zero-order chi connectivity index (χ0) is 10.3. The first kappa shape index (κ1) is 12.8. The van der Waals surface area contributed by atoms with E-state index in [1.54, 1.807) is 0 Å². The van der Waals surface area contributed by atoms with Gasteiger partial charge in [-0.2, -0.15) is 0 Å². The van der Waals surface area contributed by atoms with Gasteiger partial charge in [0, 0.05) is 11.5 Å². The molecule has 13 heavy (non-hydrogen) atoms. The van der Waals surface area contributed by atoms with Crippen LogP contribution in [0, 0.1) is 0 Å². The molecule has 0 spiro atoms. The SMILES string of the molecule is C=C(C(=O)OCCCC)C(Cl)CCl. The van der Waals surface area contributed by atoms with Crippen LogP contribution in [-0.4, -0.2) is 23.8 Å². The smallest absolute Gasteiger partial charge is 0.334 e. The molecular weight excluding hydrogens is 211 g/mol. The van der Waals surface area contributed by atoms with Gasteiger partial charge < -0.3 is 4.74 Å². The molecule has 0 heterocycles. The van der Waals surface area contributed by atoms with Crippen molar-refractivity contribution in [3.05, 3.63) is 12.2 Å². The molecule has 0 aromatic rings. The molecule has 4 heteroatoms. The van der Waals surface area contributed by atoms with E-state index in [4.69, 9.17) is 27.9 Å². The summed E-state index contributed by atoms with van der Waals surface area (Å²) in [6.45, 7) is 5.95. The molecule has 0 aliphatic rings. The van der Waals surface area contributed by atoms with Crippen LogP contribution in [0.5, 0.6) is 0 Å². The van der Waals surface area contributed by atoms with Gasteiger partial charge in [-0.1, -0.05) is 19.9 Å². The summed E-state index contributed by atoms with van der Waals surface area (Å²) in [5.41, 5.74) is 0.229. The Morgan fingerprint density at radius 3 is 2.69 bits per heavy atom. The average Bonchev–Trinajstić information content (AvgIpc) is 2.15. The Labute approximate surface area is 88.9 Å². The van der Waals surface area contributed by atoms with Gasteiger partial charge in [-0.15, -0.1) is 23.2 Å². The van der Waals surface area contributed by atoms with Crippen molar-refractivity contribution < 1.29 is 9.53 Å². The van der Waals surface area contributed by atoms with Crippen molar-refractivity contribution in [1.29, 1.82) is 0 Å². The van der Waals surface area contributed by atoms with E-state index in [1.807, 2.05) is 6.92 Å². The molecule has 0 aliphatic carbocycles. The van der Waals surface area contributed by atoms with Crippen LogP contribution in [0.3, 0.4) is 0 Å². The average molecular weight is 225 g/mol. The zero-order valence-electron chi connectivity index (χ0n) is 7.69. The Kier molecular flexibility index (Phi) is 7.10. The molecule has 0 fully saturated rings. The van der Waals surface area contributed by atoms with Crippen molar-refractivity contribution >= 4 is 29.2 Å². The van der Waals surface area contributed by atoms with E-state index in [1.165, 1.54) is 0 Å². The summed E-state index contributed by atoms with van der Waals surface area (Å²) < 4.78 is 4.89. The number of halogens is 2. The van der Waals surface area contributed by atoms with Gasteiger partial charge in [-0.05, 0) is 6.42 Å². The van der Waals surface area contributed by atoms with Crippen molar-refractivity contribution in [1.82, 2.24) is 0 Å². The largest absolute Gasteiger partial charge is 0.462 e. The molecule has 0 aromatic heterocycles. The van der Waals surface area contributed by atoms with Crippen LogP contribution in [0.2, 0.25) is 0 Å². The van der Waals surface area contributed by atoms with Crippen LogP contribution in [0.4, 0.5) is 0 Å². The van der Waals surface area contributed by atoms with Gasteiger partial charge in [0.15, 0.2) is 0 Å². The zero-order valence-corrected chi connectivity index (χ0v) is 9.20. The number of alkyl halides is 2. The minimum atomic E-state index is -0.532. The third-order valence-corrected chi connectivity index (χ3v) is 2.39. The lowest BCUT2D eigenvalue weighted by Crippen LogP contribution is -2.16. The second-order valence-electron chi connectivity index (χ2n) is 2.64. The summed E-state index contributed by atoms with van der Waals surface area (Å²) in [5.74, 6) is -0.280. The fraction of sp³-hybridized carbons (Fsp3) is 0.667. The van der Waals surface area contributed by atoms with Crippen molar-refractivity contribution in [2.75, 3.05) is 12.5 Å². The molecule has 0 aliphatic heterocycles. The van der Waals surface area contributed by atoms with Crippen LogP contribution >= 0.6 is 23.2 Å². The summed E-state index contributed by atoms with van der Waals surface area (Å²) in [7, 11) is 0. The predicted octanol–water partition coefficient (Wildman–Crippen LogP) is 2.73. The maximum atomic E-state index is 11.2. The van der Waals surface area contributed by atoms with Crippen molar-refractivity contribution in [3.63, 3.8) is 0 Å².